The van der Waals surface area contributed by atoms with Crippen LogP contribution in [0.25, 0.3) is 16.2 Å². The van der Waals surface area contributed by atoms with E-state index < -0.39 is 11.5 Å². The molecular weight excluding hydrogens is 418 g/mol. The van der Waals surface area contributed by atoms with Crippen LogP contribution in [-0.2, 0) is 0 Å². The highest BCUT2D eigenvalue weighted by Gasteiger charge is 2.18. The average Bonchev–Trinajstić information content (AvgIpc) is 3.24. The van der Waals surface area contributed by atoms with Crippen LogP contribution in [0, 0.1) is 0 Å². The van der Waals surface area contributed by atoms with Crippen LogP contribution in [-0.4, -0.2) is 36.6 Å². The number of methoxy groups -OCH3 is 3. The quantitative estimate of drug-likeness (QED) is 0.495. The fraction of sp³-hybridized carbons (Fsp3) is 0.136. The van der Waals surface area contributed by atoms with E-state index in [1.807, 2.05) is 29.6 Å². The largest absolute Gasteiger partial charge is 0.497 e. The molecule has 0 aliphatic carbocycles. The van der Waals surface area contributed by atoms with Crippen molar-refractivity contribution in [1.82, 2.24) is 9.38 Å². The number of fused-ring (bicyclic) bond motifs is 1. The number of carbonyl (C=O) groups is 1. The van der Waals surface area contributed by atoms with Crippen molar-refractivity contribution in [3.63, 3.8) is 0 Å². The van der Waals surface area contributed by atoms with E-state index in [9.17, 15) is 9.59 Å². The Morgan fingerprint density at radius 1 is 1.03 bits per heavy atom. The Morgan fingerprint density at radius 3 is 2.58 bits per heavy atom. The fourth-order valence-corrected chi connectivity index (χ4v) is 4.00. The fourth-order valence-electron chi connectivity index (χ4n) is 3.14. The first-order valence-electron chi connectivity index (χ1n) is 9.22. The monoisotopic (exact) mass is 437 g/mol. The van der Waals surface area contributed by atoms with E-state index in [1.54, 1.807) is 25.3 Å². The zero-order valence-electron chi connectivity index (χ0n) is 17.0. The molecule has 158 valence electrons. The predicted octanol–water partition coefficient (Wildman–Crippen LogP) is 3.70. The van der Waals surface area contributed by atoms with Gasteiger partial charge in [0.2, 0.25) is 0 Å². The highest BCUT2D eigenvalue weighted by molar-refractivity contribution is 7.15. The molecule has 0 aliphatic heterocycles. The van der Waals surface area contributed by atoms with Crippen molar-refractivity contribution in [1.29, 1.82) is 0 Å². The van der Waals surface area contributed by atoms with Crippen LogP contribution >= 0.6 is 11.3 Å². The maximum Gasteiger partial charge on any atom is 0.271 e. The molecule has 8 nitrogen and oxygen atoms in total. The van der Waals surface area contributed by atoms with Crippen LogP contribution < -0.4 is 25.1 Å². The molecule has 1 N–H and O–H groups in total. The molecule has 2 aromatic carbocycles. The number of carbonyl (C=O) groups excluding carboxylic acids is 1. The highest BCUT2D eigenvalue weighted by atomic mass is 32.1. The molecule has 0 fully saturated rings. The molecule has 1 amide bonds. The van der Waals surface area contributed by atoms with Crippen LogP contribution in [0.15, 0.2) is 58.8 Å². The predicted molar refractivity (Wildman–Crippen MR) is 119 cm³/mol. The van der Waals surface area contributed by atoms with Crippen LogP contribution in [0.4, 0.5) is 5.69 Å². The first-order valence-corrected chi connectivity index (χ1v) is 10.1. The van der Waals surface area contributed by atoms with Gasteiger partial charge in [-0.05, 0) is 24.3 Å². The molecule has 0 spiro atoms. The standard InChI is InChI=1S/C22H19N3O5S/c1-28-15-6-4-5-13(9-15)17-12-31-22-23-11-16(21(27)25(17)22)20(26)24-14-7-8-18(29-2)19(10-14)30-3/h4-12H,1-3H3,(H,24,26). The van der Waals surface area contributed by atoms with Crippen molar-refractivity contribution >= 4 is 27.9 Å². The van der Waals surface area contributed by atoms with Gasteiger partial charge >= 0.3 is 0 Å². The van der Waals surface area contributed by atoms with Gasteiger partial charge in [0.15, 0.2) is 16.5 Å². The normalized spacial score (nSPS) is 10.7. The molecule has 4 aromatic rings. The van der Waals surface area contributed by atoms with Crippen molar-refractivity contribution in [2.75, 3.05) is 26.6 Å². The summed E-state index contributed by atoms with van der Waals surface area (Å²) in [5, 5.41) is 4.54. The number of hydrogen-bond donors (Lipinski definition) is 1. The summed E-state index contributed by atoms with van der Waals surface area (Å²) in [6.07, 6.45) is 1.29. The summed E-state index contributed by atoms with van der Waals surface area (Å²) in [5.74, 6) is 1.09. The number of amides is 1. The maximum absolute atomic E-state index is 13.2. The lowest BCUT2D eigenvalue weighted by molar-refractivity contribution is 0.102. The second-order valence-corrected chi connectivity index (χ2v) is 7.31. The second kappa shape index (κ2) is 8.49. The minimum atomic E-state index is -0.568. The van der Waals surface area contributed by atoms with Crippen molar-refractivity contribution < 1.29 is 19.0 Å². The number of nitrogens with one attached hydrogen (secondary N) is 1. The van der Waals surface area contributed by atoms with E-state index >= 15 is 0 Å². The van der Waals surface area contributed by atoms with E-state index in [0.717, 1.165) is 5.56 Å². The maximum atomic E-state index is 13.2. The third-order valence-electron chi connectivity index (χ3n) is 4.70. The number of nitrogens with zero attached hydrogens (tertiary/aromatic N) is 2. The molecular formula is C22H19N3O5S. The summed E-state index contributed by atoms with van der Waals surface area (Å²) in [4.78, 5) is 30.8. The van der Waals surface area contributed by atoms with Crippen LogP contribution in [0.1, 0.15) is 10.4 Å². The van der Waals surface area contributed by atoms with E-state index in [1.165, 1.54) is 36.2 Å². The third kappa shape index (κ3) is 3.82. The minimum Gasteiger partial charge on any atom is -0.497 e. The summed E-state index contributed by atoms with van der Waals surface area (Å²) < 4.78 is 17.2. The van der Waals surface area contributed by atoms with Gasteiger partial charge in [-0.3, -0.25) is 14.0 Å². The van der Waals surface area contributed by atoms with Gasteiger partial charge < -0.3 is 19.5 Å². The summed E-state index contributed by atoms with van der Waals surface area (Å²) in [6, 6.07) is 12.3. The first-order chi connectivity index (χ1) is 15.0. The number of rotatable bonds is 6. The van der Waals surface area contributed by atoms with Gasteiger partial charge in [0, 0.05) is 28.9 Å². The number of anilines is 1. The number of ether oxygens (including phenoxy) is 3. The number of hydrogen-bond acceptors (Lipinski definition) is 7. The first kappa shape index (κ1) is 20.4. The van der Waals surface area contributed by atoms with Gasteiger partial charge in [0.25, 0.3) is 11.5 Å². The molecule has 0 bridgehead atoms. The SMILES string of the molecule is COc1cccc(-c2csc3ncc(C(=O)Nc4ccc(OC)c(OC)c4)c(=O)n23)c1. The molecule has 0 aliphatic rings. The lowest BCUT2D eigenvalue weighted by Crippen LogP contribution is -2.26. The van der Waals surface area contributed by atoms with Gasteiger partial charge in [-0.2, -0.15) is 0 Å². The van der Waals surface area contributed by atoms with Crippen LogP contribution in [0.2, 0.25) is 0 Å². The highest BCUT2D eigenvalue weighted by Crippen LogP contribution is 2.30. The molecule has 9 heteroatoms. The number of aromatic nitrogens is 2. The molecule has 2 heterocycles. The van der Waals surface area contributed by atoms with Crippen LogP contribution in [0.3, 0.4) is 0 Å². The summed E-state index contributed by atoms with van der Waals surface area (Å²) in [5.41, 5.74) is 1.35. The summed E-state index contributed by atoms with van der Waals surface area (Å²) in [7, 11) is 4.61. The van der Waals surface area contributed by atoms with Crippen molar-refractivity contribution in [3.05, 3.63) is 70.0 Å². The lowest BCUT2D eigenvalue weighted by Gasteiger charge is -2.10. The molecule has 31 heavy (non-hydrogen) atoms. The summed E-state index contributed by atoms with van der Waals surface area (Å²) >= 11 is 1.32. The van der Waals surface area contributed by atoms with Gasteiger partial charge in [-0.15, -0.1) is 11.3 Å². The Morgan fingerprint density at radius 2 is 1.84 bits per heavy atom. The second-order valence-electron chi connectivity index (χ2n) is 6.47. The average molecular weight is 437 g/mol. The van der Waals surface area contributed by atoms with Crippen molar-refractivity contribution in [2.24, 2.45) is 0 Å². The molecule has 2 aromatic heterocycles. The number of thiazole rings is 1. The minimum absolute atomic E-state index is 0.0742. The molecule has 0 atom stereocenters. The topological polar surface area (TPSA) is 91.2 Å². The Balaban J connectivity index is 1.72. The Kier molecular flexibility index (Phi) is 5.59. The van der Waals surface area contributed by atoms with E-state index in [2.05, 4.69) is 10.3 Å². The molecule has 0 unspecified atom stereocenters. The zero-order valence-corrected chi connectivity index (χ0v) is 17.9. The molecule has 4 rings (SSSR count). The number of benzene rings is 2. The molecule has 0 radical (unpaired) electrons. The Hall–Kier alpha value is -3.85. The summed E-state index contributed by atoms with van der Waals surface area (Å²) in [6.45, 7) is 0. The van der Waals surface area contributed by atoms with Gasteiger partial charge in [0.05, 0.1) is 27.0 Å². The lowest BCUT2D eigenvalue weighted by atomic mass is 10.1. The smallest absolute Gasteiger partial charge is 0.271 e. The zero-order chi connectivity index (χ0) is 22.0. The van der Waals surface area contributed by atoms with E-state index in [0.29, 0.717) is 33.6 Å². The van der Waals surface area contributed by atoms with Crippen LogP contribution in [0.5, 0.6) is 17.2 Å². The van der Waals surface area contributed by atoms with Crippen molar-refractivity contribution in [2.45, 2.75) is 0 Å². The van der Waals surface area contributed by atoms with Gasteiger partial charge in [-0.1, -0.05) is 12.1 Å². The van der Waals surface area contributed by atoms with Gasteiger partial charge in [-0.25, -0.2) is 4.98 Å². The molecule has 0 saturated heterocycles. The Labute approximate surface area is 181 Å². The van der Waals surface area contributed by atoms with E-state index in [-0.39, 0.29) is 5.56 Å². The Bertz CT molecular complexity index is 1330. The van der Waals surface area contributed by atoms with Gasteiger partial charge in [0.1, 0.15) is 11.3 Å². The van der Waals surface area contributed by atoms with E-state index in [4.69, 9.17) is 14.2 Å². The third-order valence-corrected chi connectivity index (χ3v) is 5.54. The molecule has 0 saturated carbocycles. The van der Waals surface area contributed by atoms with Crippen molar-refractivity contribution in [3.8, 4) is 28.5 Å².